The average molecular weight is 210 g/mol. The van der Waals surface area contributed by atoms with Gasteiger partial charge < -0.3 is 5.73 Å². The largest absolute Gasteiger partial charge is 0.327 e. The van der Waals surface area contributed by atoms with Gasteiger partial charge in [-0.05, 0) is 5.41 Å². The maximum absolute atomic E-state index is 6.03. The van der Waals surface area contributed by atoms with Crippen LogP contribution in [0.4, 0.5) is 0 Å². The van der Waals surface area contributed by atoms with Crippen LogP contribution in [0.25, 0.3) is 0 Å². The van der Waals surface area contributed by atoms with E-state index in [0.29, 0.717) is 17.9 Å². The monoisotopic (exact) mass is 210 g/mol. The SMILES string of the molecule is CC(C)c1nc([C@@H]2[C@@H](N)C2(C)C)cs1. The van der Waals surface area contributed by atoms with Crippen molar-refractivity contribution in [1.29, 1.82) is 0 Å². The lowest BCUT2D eigenvalue weighted by Crippen LogP contribution is -2.06. The quantitative estimate of drug-likeness (QED) is 0.815. The number of aromatic nitrogens is 1. The molecule has 0 spiro atoms. The van der Waals surface area contributed by atoms with Crippen molar-refractivity contribution in [2.75, 3.05) is 0 Å². The zero-order chi connectivity index (χ0) is 10.5. The van der Waals surface area contributed by atoms with Crippen LogP contribution in [0.15, 0.2) is 5.38 Å². The molecule has 1 aromatic heterocycles. The Bertz CT molecular complexity index is 341. The Morgan fingerprint density at radius 3 is 2.43 bits per heavy atom. The van der Waals surface area contributed by atoms with Gasteiger partial charge in [-0.2, -0.15) is 0 Å². The maximum Gasteiger partial charge on any atom is 0.0953 e. The van der Waals surface area contributed by atoms with E-state index >= 15 is 0 Å². The molecule has 1 aromatic rings. The van der Waals surface area contributed by atoms with Crippen LogP contribution in [0, 0.1) is 5.41 Å². The van der Waals surface area contributed by atoms with E-state index in [4.69, 9.17) is 5.73 Å². The molecule has 0 aliphatic heterocycles. The maximum atomic E-state index is 6.03. The third kappa shape index (κ3) is 1.39. The molecule has 1 aliphatic rings. The molecule has 3 heteroatoms. The molecule has 1 aliphatic carbocycles. The molecular weight excluding hydrogens is 192 g/mol. The molecule has 14 heavy (non-hydrogen) atoms. The summed E-state index contributed by atoms with van der Waals surface area (Å²) >= 11 is 1.76. The molecule has 2 atom stereocenters. The highest BCUT2D eigenvalue weighted by Gasteiger charge is 2.57. The zero-order valence-corrected chi connectivity index (χ0v) is 10.1. The van der Waals surface area contributed by atoms with Crippen molar-refractivity contribution in [2.45, 2.75) is 45.6 Å². The normalized spacial score (nSPS) is 29.6. The summed E-state index contributed by atoms with van der Waals surface area (Å²) in [7, 11) is 0. The fourth-order valence-corrected chi connectivity index (χ4v) is 2.82. The topological polar surface area (TPSA) is 38.9 Å². The zero-order valence-electron chi connectivity index (χ0n) is 9.24. The van der Waals surface area contributed by atoms with Crippen molar-refractivity contribution in [1.82, 2.24) is 4.98 Å². The van der Waals surface area contributed by atoms with Crippen LogP contribution < -0.4 is 5.73 Å². The molecule has 1 saturated carbocycles. The van der Waals surface area contributed by atoms with Gasteiger partial charge in [0.2, 0.25) is 0 Å². The summed E-state index contributed by atoms with van der Waals surface area (Å²) in [5.41, 5.74) is 7.48. The Kier molecular flexibility index (Phi) is 2.20. The summed E-state index contributed by atoms with van der Waals surface area (Å²) in [5, 5.41) is 3.41. The van der Waals surface area contributed by atoms with Crippen LogP contribution in [0.3, 0.4) is 0 Å². The van der Waals surface area contributed by atoms with Gasteiger partial charge in [0.05, 0.1) is 10.7 Å². The summed E-state index contributed by atoms with van der Waals surface area (Å²) in [5.74, 6) is 1.01. The van der Waals surface area contributed by atoms with Crippen LogP contribution in [0.1, 0.15) is 50.2 Å². The van der Waals surface area contributed by atoms with Crippen molar-refractivity contribution in [3.8, 4) is 0 Å². The van der Waals surface area contributed by atoms with E-state index in [2.05, 4.69) is 38.1 Å². The molecule has 0 aromatic carbocycles. The van der Waals surface area contributed by atoms with Crippen LogP contribution >= 0.6 is 11.3 Å². The van der Waals surface area contributed by atoms with Crippen LogP contribution in [-0.4, -0.2) is 11.0 Å². The van der Waals surface area contributed by atoms with Gasteiger partial charge in [-0.25, -0.2) is 4.98 Å². The van der Waals surface area contributed by atoms with Gasteiger partial charge in [0.25, 0.3) is 0 Å². The third-order valence-electron chi connectivity index (χ3n) is 3.26. The number of nitrogens with two attached hydrogens (primary N) is 1. The van der Waals surface area contributed by atoms with Crippen molar-refractivity contribution in [2.24, 2.45) is 11.1 Å². The van der Waals surface area contributed by atoms with Crippen molar-refractivity contribution < 1.29 is 0 Å². The lowest BCUT2D eigenvalue weighted by atomic mass is 10.1. The summed E-state index contributed by atoms with van der Waals surface area (Å²) in [6, 6.07) is 0.296. The molecule has 0 unspecified atom stereocenters. The van der Waals surface area contributed by atoms with Crippen molar-refractivity contribution >= 4 is 11.3 Å². The molecule has 2 N–H and O–H groups in total. The average Bonchev–Trinajstić information content (AvgIpc) is 2.55. The van der Waals surface area contributed by atoms with Crippen LogP contribution in [0.5, 0.6) is 0 Å². The van der Waals surface area contributed by atoms with E-state index in [-0.39, 0.29) is 5.41 Å². The summed E-state index contributed by atoms with van der Waals surface area (Å²) in [4.78, 5) is 4.66. The standard InChI is InChI=1S/C11H18N2S/c1-6(2)10-13-7(5-14-10)8-9(12)11(8,3)4/h5-6,8-9H,12H2,1-4H3/t8-,9-/m1/s1. The lowest BCUT2D eigenvalue weighted by Gasteiger charge is -1.99. The van der Waals surface area contributed by atoms with E-state index in [1.165, 1.54) is 10.7 Å². The first-order chi connectivity index (χ1) is 6.44. The van der Waals surface area contributed by atoms with Gasteiger partial charge >= 0.3 is 0 Å². The minimum absolute atomic E-state index is 0.252. The van der Waals surface area contributed by atoms with Crippen LogP contribution in [-0.2, 0) is 0 Å². The molecule has 0 bridgehead atoms. The fourth-order valence-electron chi connectivity index (χ4n) is 1.95. The van der Waals surface area contributed by atoms with E-state index in [1.54, 1.807) is 11.3 Å². The van der Waals surface area contributed by atoms with E-state index in [0.717, 1.165) is 0 Å². The highest BCUT2D eigenvalue weighted by atomic mass is 32.1. The number of hydrogen-bond acceptors (Lipinski definition) is 3. The van der Waals surface area contributed by atoms with E-state index < -0.39 is 0 Å². The summed E-state index contributed by atoms with van der Waals surface area (Å²) in [6.07, 6.45) is 0. The highest BCUT2D eigenvalue weighted by Crippen LogP contribution is 2.57. The van der Waals surface area contributed by atoms with Crippen molar-refractivity contribution in [3.05, 3.63) is 16.1 Å². The Hall–Kier alpha value is -0.410. The molecule has 1 heterocycles. The first kappa shape index (κ1) is 10.1. The molecule has 2 nitrogen and oxygen atoms in total. The van der Waals surface area contributed by atoms with E-state index in [9.17, 15) is 0 Å². The van der Waals surface area contributed by atoms with Gasteiger partial charge in [0, 0.05) is 23.3 Å². The third-order valence-corrected chi connectivity index (χ3v) is 4.43. The second-order valence-corrected chi connectivity index (χ2v) is 5.98. The number of rotatable bonds is 2. The smallest absolute Gasteiger partial charge is 0.0953 e. The van der Waals surface area contributed by atoms with E-state index in [1.807, 2.05) is 0 Å². The molecular formula is C11H18N2S. The minimum atomic E-state index is 0.252. The second kappa shape index (κ2) is 3.04. The highest BCUT2D eigenvalue weighted by molar-refractivity contribution is 7.09. The van der Waals surface area contributed by atoms with Gasteiger partial charge in [-0.1, -0.05) is 27.7 Å². The predicted octanol–water partition coefficient (Wildman–Crippen LogP) is 2.72. The second-order valence-electron chi connectivity index (χ2n) is 5.09. The Morgan fingerprint density at radius 1 is 1.50 bits per heavy atom. The number of hydrogen-bond donors (Lipinski definition) is 1. The fraction of sp³-hybridized carbons (Fsp3) is 0.727. The van der Waals surface area contributed by atoms with Gasteiger partial charge in [-0.15, -0.1) is 11.3 Å². The predicted molar refractivity (Wildman–Crippen MR) is 60.7 cm³/mol. The summed E-state index contributed by atoms with van der Waals surface area (Å²) < 4.78 is 0. The number of thiazole rings is 1. The molecule has 0 amide bonds. The first-order valence-electron chi connectivity index (χ1n) is 5.15. The lowest BCUT2D eigenvalue weighted by molar-refractivity contribution is 0.595. The first-order valence-corrected chi connectivity index (χ1v) is 6.03. The Morgan fingerprint density at radius 2 is 2.07 bits per heavy atom. The number of nitrogens with zero attached hydrogens (tertiary/aromatic N) is 1. The van der Waals surface area contributed by atoms with Crippen LogP contribution in [0.2, 0.25) is 0 Å². The molecule has 2 rings (SSSR count). The summed E-state index contributed by atoms with van der Waals surface area (Å²) in [6.45, 7) is 8.80. The van der Waals surface area contributed by atoms with Gasteiger partial charge in [0.1, 0.15) is 0 Å². The Balaban J connectivity index is 2.20. The molecule has 78 valence electrons. The Labute approximate surface area is 89.5 Å². The molecule has 0 radical (unpaired) electrons. The van der Waals surface area contributed by atoms with Crippen molar-refractivity contribution in [3.63, 3.8) is 0 Å². The van der Waals surface area contributed by atoms with Gasteiger partial charge in [-0.3, -0.25) is 0 Å². The molecule has 1 fully saturated rings. The minimum Gasteiger partial charge on any atom is -0.327 e. The van der Waals surface area contributed by atoms with Gasteiger partial charge in [0.15, 0.2) is 0 Å². The molecule has 0 saturated heterocycles.